The van der Waals surface area contributed by atoms with Crippen LogP contribution in [0.1, 0.15) is 35.5 Å². The van der Waals surface area contributed by atoms with E-state index in [0.717, 1.165) is 47.2 Å². The minimum atomic E-state index is 0.236. The lowest BCUT2D eigenvalue weighted by atomic mass is 10.1. The number of hydrogen-bond acceptors (Lipinski definition) is 4. The third-order valence-electron chi connectivity index (χ3n) is 4.74. The van der Waals surface area contributed by atoms with Crippen molar-refractivity contribution in [3.05, 3.63) is 50.9 Å². The third-order valence-corrected chi connectivity index (χ3v) is 5.80. The summed E-state index contributed by atoms with van der Waals surface area (Å²) in [6.45, 7) is 4.31. The van der Waals surface area contributed by atoms with Crippen LogP contribution in [-0.2, 0) is 17.9 Å². The Hall–Kier alpha value is -1.43. The lowest BCUT2D eigenvalue weighted by Gasteiger charge is -2.26. The fraction of sp³-hybridized carbons (Fsp3) is 0.474. The van der Waals surface area contributed by atoms with Crippen molar-refractivity contribution in [1.29, 1.82) is 0 Å². The van der Waals surface area contributed by atoms with Crippen molar-refractivity contribution in [2.24, 2.45) is 0 Å². The van der Waals surface area contributed by atoms with Gasteiger partial charge >= 0.3 is 0 Å². The molecule has 1 aromatic heterocycles. The molecule has 3 rings (SSSR count). The summed E-state index contributed by atoms with van der Waals surface area (Å²) in [6, 6.07) is 8.18. The molecular formula is C19H24ClN3OS. The molecular weight excluding hydrogens is 354 g/mol. The molecule has 6 heteroatoms. The molecule has 1 aromatic carbocycles. The van der Waals surface area contributed by atoms with Crippen LogP contribution in [0.15, 0.2) is 29.6 Å². The summed E-state index contributed by atoms with van der Waals surface area (Å²) < 4.78 is 0. The van der Waals surface area contributed by atoms with Gasteiger partial charge in [-0.3, -0.25) is 9.69 Å². The molecule has 134 valence electrons. The van der Waals surface area contributed by atoms with Gasteiger partial charge in [0.25, 0.3) is 0 Å². The Morgan fingerprint density at radius 2 is 2.24 bits per heavy atom. The summed E-state index contributed by atoms with van der Waals surface area (Å²) in [7, 11) is 2.14. The largest absolute Gasteiger partial charge is 0.338 e. The minimum Gasteiger partial charge on any atom is -0.338 e. The topological polar surface area (TPSA) is 36.4 Å². The Kier molecular flexibility index (Phi) is 6.10. The van der Waals surface area contributed by atoms with Gasteiger partial charge < -0.3 is 4.90 Å². The van der Waals surface area contributed by atoms with Crippen LogP contribution in [0.2, 0.25) is 5.02 Å². The first-order chi connectivity index (χ1) is 12.0. The van der Waals surface area contributed by atoms with Crippen molar-refractivity contribution in [3.63, 3.8) is 0 Å². The van der Waals surface area contributed by atoms with Crippen LogP contribution in [0.25, 0.3) is 0 Å². The second-order valence-electron chi connectivity index (χ2n) is 6.70. The SMILES string of the molecule is Cc1nc(CN(C)[C@H]2CCC(=O)N(Cc3cccc(Cl)c3)CC2)cs1. The van der Waals surface area contributed by atoms with E-state index >= 15 is 0 Å². The number of thiazole rings is 1. The van der Waals surface area contributed by atoms with Gasteiger partial charge in [-0.05, 0) is 44.5 Å². The van der Waals surface area contributed by atoms with Gasteiger partial charge in [-0.25, -0.2) is 4.98 Å². The van der Waals surface area contributed by atoms with E-state index < -0.39 is 0 Å². The van der Waals surface area contributed by atoms with Gasteiger partial charge in [0, 0.05) is 42.5 Å². The predicted molar refractivity (Wildman–Crippen MR) is 103 cm³/mol. The second kappa shape index (κ2) is 8.30. The molecule has 2 heterocycles. The van der Waals surface area contributed by atoms with Gasteiger partial charge in [0.15, 0.2) is 0 Å². The Balaban J connectivity index is 1.59. The van der Waals surface area contributed by atoms with Crippen LogP contribution in [0.4, 0.5) is 0 Å². The lowest BCUT2D eigenvalue weighted by molar-refractivity contribution is -0.131. The molecule has 1 aliphatic heterocycles. The van der Waals surface area contributed by atoms with Gasteiger partial charge in [0.1, 0.15) is 0 Å². The zero-order valence-corrected chi connectivity index (χ0v) is 16.3. The maximum atomic E-state index is 12.5. The average molecular weight is 378 g/mol. The van der Waals surface area contributed by atoms with E-state index in [1.807, 2.05) is 36.1 Å². The fourth-order valence-electron chi connectivity index (χ4n) is 3.35. The summed E-state index contributed by atoms with van der Waals surface area (Å²) in [5.41, 5.74) is 2.21. The zero-order chi connectivity index (χ0) is 17.8. The number of halogens is 1. The monoisotopic (exact) mass is 377 g/mol. The molecule has 0 spiro atoms. The normalized spacial score (nSPS) is 18.6. The van der Waals surface area contributed by atoms with Gasteiger partial charge in [0.2, 0.25) is 5.91 Å². The standard InChI is InChI=1S/C19H24ClN3OS/c1-14-21-17(13-25-14)12-22(2)18-6-7-19(24)23(9-8-18)11-15-4-3-5-16(20)10-15/h3-5,10,13,18H,6-9,11-12H2,1-2H3/t18-/m0/s1. The number of carbonyl (C=O) groups is 1. The summed E-state index contributed by atoms with van der Waals surface area (Å²) in [5, 5.41) is 3.95. The molecule has 0 N–H and O–H groups in total. The summed E-state index contributed by atoms with van der Waals surface area (Å²) in [6.07, 6.45) is 2.50. The Labute approximate surface area is 158 Å². The van der Waals surface area contributed by atoms with E-state index in [2.05, 4.69) is 22.3 Å². The van der Waals surface area contributed by atoms with Crippen LogP contribution in [0.3, 0.4) is 0 Å². The first kappa shape index (κ1) is 18.4. The van der Waals surface area contributed by atoms with Crippen LogP contribution in [0.5, 0.6) is 0 Å². The number of hydrogen-bond donors (Lipinski definition) is 0. The molecule has 0 radical (unpaired) electrons. The highest BCUT2D eigenvalue weighted by Gasteiger charge is 2.25. The molecule has 1 aliphatic rings. The predicted octanol–water partition coefficient (Wildman–Crippen LogP) is 4.12. The molecule has 2 aromatic rings. The Morgan fingerprint density at radius 1 is 1.40 bits per heavy atom. The van der Waals surface area contributed by atoms with Crippen molar-refractivity contribution in [1.82, 2.24) is 14.8 Å². The molecule has 0 saturated carbocycles. The number of likely N-dealkylation sites (tertiary alicyclic amines) is 1. The minimum absolute atomic E-state index is 0.236. The highest BCUT2D eigenvalue weighted by atomic mass is 35.5. The quantitative estimate of drug-likeness (QED) is 0.786. The summed E-state index contributed by atoms with van der Waals surface area (Å²) in [4.78, 5) is 21.3. The van der Waals surface area contributed by atoms with E-state index in [-0.39, 0.29) is 5.91 Å². The maximum Gasteiger partial charge on any atom is 0.222 e. The first-order valence-electron chi connectivity index (χ1n) is 8.65. The molecule has 25 heavy (non-hydrogen) atoms. The van der Waals surface area contributed by atoms with Crippen molar-refractivity contribution in [3.8, 4) is 0 Å². The number of nitrogens with zero attached hydrogens (tertiary/aromatic N) is 3. The molecule has 0 unspecified atom stereocenters. The van der Waals surface area contributed by atoms with E-state index in [9.17, 15) is 4.79 Å². The van der Waals surface area contributed by atoms with Crippen molar-refractivity contribution in [2.75, 3.05) is 13.6 Å². The second-order valence-corrected chi connectivity index (χ2v) is 8.20. The van der Waals surface area contributed by atoms with E-state index in [1.165, 1.54) is 0 Å². The Bertz CT molecular complexity index is 733. The van der Waals surface area contributed by atoms with Gasteiger partial charge in [0.05, 0.1) is 10.7 Å². The molecule has 1 fully saturated rings. The van der Waals surface area contributed by atoms with Crippen molar-refractivity contribution in [2.45, 2.75) is 45.3 Å². The molecule has 1 atom stereocenters. The van der Waals surface area contributed by atoms with Crippen molar-refractivity contribution >= 4 is 28.8 Å². The zero-order valence-electron chi connectivity index (χ0n) is 14.7. The number of amides is 1. The number of rotatable bonds is 5. The molecule has 0 aliphatic carbocycles. The highest BCUT2D eigenvalue weighted by molar-refractivity contribution is 7.09. The van der Waals surface area contributed by atoms with Crippen LogP contribution < -0.4 is 0 Å². The maximum absolute atomic E-state index is 12.5. The van der Waals surface area contributed by atoms with E-state index in [4.69, 9.17) is 11.6 Å². The smallest absolute Gasteiger partial charge is 0.222 e. The van der Waals surface area contributed by atoms with E-state index in [1.54, 1.807) is 11.3 Å². The highest BCUT2D eigenvalue weighted by Crippen LogP contribution is 2.21. The third kappa shape index (κ3) is 5.03. The fourth-order valence-corrected chi connectivity index (χ4v) is 4.17. The van der Waals surface area contributed by atoms with Crippen LogP contribution in [0, 0.1) is 6.92 Å². The number of benzene rings is 1. The number of aryl methyl sites for hydroxylation is 1. The number of aromatic nitrogens is 1. The molecule has 4 nitrogen and oxygen atoms in total. The van der Waals surface area contributed by atoms with Gasteiger partial charge in [-0.15, -0.1) is 11.3 Å². The van der Waals surface area contributed by atoms with Crippen molar-refractivity contribution < 1.29 is 4.79 Å². The lowest BCUT2D eigenvalue weighted by Crippen LogP contribution is -2.33. The molecule has 1 amide bonds. The summed E-state index contributed by atoms with van der Waals surface area (Å²) in [5.74, 6) is 0.236. The first-order valence-corrected chi connectivity index (χ1v) is 9.90. The molecule has 1 saturated heterocycles. The Morgan fingerprint density at radius 3 is 2.96 bits per heavy atom. The van der Waals surface area contributed by atoms with Crippen LogP contribution in [-0.4, -0.2) is 40.3 Å². The average Bonchev–Trinajstić information content (AvgIpc) is 2.88. The summed E-state index contributed by atoms with van der Waals surface area (Å²) >= 11 is 7.75. The number of carbonyl (C=O) groups excluding carboxylic acids is 1. The van der Waals surface area contributed by atoms with E-state index in [0.29, 0.717) is 19.0 Å². The van der Waals surface area contributed by atoms with Crippen LogP contribution >= 0.6 is 22.9 Å². The van der Waals surface area contributed by atoms with Gasteiger partial charge in [-0.2, -0.15) is 0 Å². The van der Waals surface area contributed by atoms with Gasteiger partial charge in [-0.1, -0.05) is 23.7 Å². The molecule has 0 bridgehead atoms.